The SMILES string of the molecule is CC1(C)C2=[N+](CCCCC(=O)NC(C(=O)NCCCCCC(=O)ON3C(=O)CCC3=O)CCCCNC(=O)CCCCC3(C)/C(=C/C=C/C=C/2)N(CCCS(=O)(=O)O)c2ccc(S(=O)(=O)O)cc23)c2ccc(S(=O)(=O)O)cc21. The minimum absolute atomic E-state index is 0.0113. The number of hydrogen-bond donors (Lipinski definition) is 6. The molecule has 25 heteroatoms. The van der Waals surface area contributed by atoms with Gasteiger partial charge in [-0.15, -0.1) is 5.06 Å². The van der Waals surface area contributed by atoms with Gasteiger partial charge in [0.15, 0.2) is 5.71 Å². The second-order valence-electron chi connectivity index (χ2n) is 20.7. The second kappa shape index (κ2) is 26.2. The normalized spacial score (nSPS) is 22.7. The van der Waals surface area contributed by atoms with E-state index in [1.54, 1.807) is 30.4 Å². The zero-order valence-electron chi connectivity index (χ0n) is 44.2. The number of unbranched alkanes of at least 4 members (excludes halogenated alkanes) is 2. The molecule has 2 unspecified atom stereocenters. The number of carbonyl (C=O) groups excluding carboxylic acids is 6. The van der Waals surface area contributed by atoms with Crippen LogP contribution in [-0.2, 0) is 74.8 Å². The summed E-state index contributed by atoms with van der Waals surface area (Å²) in [6.45, 7) is 6.78. The molecule has 2 atom stereocenters. The molecule has 2 aromatic carbocycles. The summed E-state index contributed by atoms with van der Waals surface area (Å²) in [5.41, 5.74) is 2.17. The van der Waals surface area contributed by atoms with Crippen LogP contribution in [0.5, 0.6) is 0 Å². The number of fused-ring (bicyclic) bond motifs is 5. The standard InChI is InChI=1S/C53H70N6O16S3/c1-52(2)39-35-37(77(69,70)71)23-25-42(39)57-32-15-11-21-47(61)56-41(51(65)55-31-13-5-8-22-50(64)75-59-48(62)27-28-49(59)63)17-10-14-30-54-46(60)20-9-12-29-53(3)40-36-38(78(72,73)74)24-26-43(40)58(33-16-34-76(66,67)68)45(53)19-7-4-6-18-44(52)57/h4,6-7,18-19,23-26,35-36,41H,5,8-17,20-22,27-34H2,1-3H3,(H5-,54,55,56,60,61,65,66,67,68,69,70,71,72,73,74)/p+1. The van der Waals surface area contributed by atoms with Crippen molar-refractivity contribution in [3.63, 3.8) is 0 Å². The van der Waals surface area contributed by atoms with Gasteiger partial charge in [-0.1, -0.05) is 31.1 Å². The first kappa shape index (κ1) is 61.1. The molecule has 0 aromatic heterocycles. The van der Waals surface area contributed by atoms with E-state index in [1.807, 2.05) is 42.4 Å². The maximum Gasteiger partial charge on any atom is 0.333 e. The second-order valence-corrected chi connectivity index (χ2v) is 25.1. The molecule has 6 rings (SSSR count). The first-order valence-corrected chi connectivity index (χ1v) is 30.8. The van der Waals surface area contributed by atoms with Gasteiger partial charge in [-0.25, -0.2) is 4.79 Å². The summed E-state index contributed by atoms with van der Waals surface area (Å²) in [7, 11) is -13.5. The largest absolute Gasteiger partial charge is 0.356 e. The van der Waals surface area contributed by atoms with Crippen LogP contribution in [0.15, 0.2) is 82.3 Å². The third kappa shape index (κ3) is 16.0. The number of allylic oxidation sites excluding steroid dienone is 6. The topological polar surface area (TPSA) is 320 Å². The van der Waals surface area contributed by atoms with Gasteiger partial charge < -0.3 is 25.7 Å². The van der Waals surface area contributed by atoms with Crippen LogP contribution in [-0.4, -0.2) is 128 Å². The van der Waals surface area contributed by atoms with Crippen molar-refractivity contribution >= 4 is 82.9 Å². The zero-order chi connectivity index (χ0) is 57.1. The van der Waals surface area contributed by atoms with Crippen molar-refractivity contribution in [3.05, 3.63) is 83.6 Å². The van der Waals surface area contributed by atoms with E-state index >= 15 is 0 Å². The first-order valence-electron chi connectivity index (χ1n) is 26.3. The lowest BCUT2D eigenvalue weighted by Gasteiger charge is -2.30. The molecule has 2 aromatic rings. The van der Waals surface area contributed by atoms with E-state index < -0.39 is 76.7 Å². The van der Waals surface area contributed by atoms with Crippen LogP contribution in [0.25, 0.3) is 0 Å². The van der Waals surface area contributed by atoms with Gasteiger partial charge in [0.1, 0.15) is 12.6 Å². The van der Waals surface area contributed by atoms with Gasteiger partial charge >= 0.3 is 5.97 Å². The average molecular weight is 1140 g/mol. The number of amides is 5. The average Bonchev–Trinajstić information content (AvgIpc) is 4.04. The number of imide groups is 1. The molecule has 4 aliphatic heterocycles. The van der Waals surface area contributed by atoms with Crippen molar-refractivity contribution in [2.75, 3.05) is 36.8 Å². The van der Waals surface area contributed by atoms with Gasteiger partial charge in [0.05, 0.1) is 21.0 Å². The predicted molar refractivity (Wildman–Crippen MR) is 287 cm³/mol. The molecule has 0 aliphatic carbocycles. The fraction of sp³-hybridized carbons (Fsp3) is 0.528. The summed E-state index contributed by atoms with van der Waals surface area (Å²) in [5, 5.41) is 9.17. The van der Waals surface area contributed by atoms with Crippen LogP contribution in [0.4, 0.5) is 11.4 Å². The Labute approximate surface area is 456 Å². The van der Waals surface area contributed by atoms with Gasteiger partial charge in [-0.3, -0.25) is 37.6 Å². The maximum atomic E-state index is 13.6. The molecule has 1 fully saturated rings. The van der Waals surface area contributed by atoms with E-state index in [2.05, 4.69) is 16.0 Å². The highest BCUT2D eigenvalue weighted by Gasteiger charge is 2.46. The minimum Gasteiger partial charge on any atom is -0.356 e. The molecule has 5 amide bonds. The Kier molecular flexibility index (Phi) is 20.5. The number of hydrogen-bond acceptors (Lipinski definition) is 14. The van der Waals surface area contributed by atoms with Crippen molar-refractivity contribution in [3.8, 4) is 0 Å². The lowest BCUT2D eigenvalue weighted by atomic mass is 9.77. The summed E-state index contributed by atoms with van der Waals surface area (Å²) >= 11 is 0. The number of benzene rings is 2. The Morgan fingerprint density at radius 2 is 1.42 bits per heavy atom. The van der Waals surface area contributed by atoms with Crippen LogP contribution in [0.2, 0.25) is 0 Å². The molecular formula is C53H71N6O16S3+. The highest BCUT2D eigenvalue weighted by Crippen LogP contribution is 2.51. The van der Waals surface area contributed by atoms with Crippen molar-refractivity contribution < 1.29 is 77.1 Å². The minimum atomic E-state index is -4.64. The number of rotatable bonds is 14. The van der Waals surface area contributed by atoms with E-state index in [-0.39, 0.29) is 79.6 Å². The third-order valence-corrected chi connectivity index (χ3v) is 17.0. The lowest BCUT2D eigenvalue weighted by Crippen LogP contribution is -2.47. The number of carbonyl (C=O) groups is 6. The molecule has 426 valence electrons. The molecule has 22 nitrogen and oxygen atoms in total. The van der Waals surface area contributed by atoms with Gasteiger partial charge in [-0.05, 0) is 121 Å². The van der Waals surface area contributed by atoms with Crippen molar-refractivity contribution in [2.45, 2.75) is 157 Å². The zero-order valence-corrected chi connectivity index (χ0v) is 46.6. The van der Waals surface area contributed by atoms with Crippen LogP contribution in [0, 0.1) is 0 Å². The lowest BCUT2D eigenvalue weighted by molar-refractivity contribution is -0.438. The van der Waals surface area contributed by atoms with Crippen molar-refractivity contribution in [1.29, 1.82) is 0 Å². The molecule has 0 saturated carbocycles. The molecule has 1 saturated heterocycles. The molecular weight excluding hydrogens is 1070 g/mol. The molecule has 0 spiro atoms. The molecule has 6 N–H and O–H groups in total. The van der Waals surface area contributed by atoms with Crippen LogP contribution in [0.3, 0.4) is 0 Å². The summed E-state index contributed by atoms with van der Waals surface area (Å²) < 4.78 is 105. The number of hydroxylamine groups is 2. The Hall–Kier alpha value is -6.12. The smallest absolute Gasteiger partial charge is 0.333 e. The molecule has 78 heavy (non-hydrogen) atoms. The Morgan fingerprint density at radius 3 is 2.12 bits per heavy atom. The maximum absolute atomic E-state index is 13.6. The summed E-state index contributed by atoms with van der Waals surface area (Å²) in [4.78, 5) is 82.1. The van der Waals surface area contributed by atoms with Gasteiger partial charge in [0, 0.05) is 92.7 Å². The summed E-state index contributed by atoms with van der Waals surface area (Å²) in [6, 6.07) is 7.69. The van der Waals surface area contributed by atoms with Crippen molar-refractivity contribution in [1.82, 2.24) is 21.0 Å². The van der Waals surface area contributed by atoms with E-state index in [1.165, 1.54) is 24.3 Å². The molecule has 0 bridgehead atoms. The van der Waals surface area contributed by atoms with E-state index in [9.17, 15) is 67.7 Å². The number of anilines is 1. The first-order chi connectivity index (χ1) is 36.7. The van der Waals surface area contributed by atoms with E-state index in [0.717, 1.165) is 5.71 Å². The highest BCUT2D eigenvalue weighted by atomic mass is 32.2. The van der Waals surface area contributed by atoms with Gasteiger partial charge in [-0.2, -0.15) is 29.8 Å². The van der Waals surface area contributed by atoms with Crippen LogP contribution in [0.1, 0.15) is 141 Å². The van der Waals surface area contributed by atoms with Gasteiger partial charge in [0.2, 0.25) is 23.4 Å². The highest BCUT2D eigenvalue weighted by molar-refractivity contribution is 7.86. The molecule has 0 radical (unpaired) electrons. The van der Waals surface area contributed by atoms with Crippen LogP contribution < -0.4 is 20.9 Å². The number of nitrogens with one attached hydrogen (secondary N) is 3. The Balaban J connectivity index is 1.23. The third-order valence-electron chi connectivity index (χ3n) is 14.5. The Bertz CT molecular complexity index is 3100. The molecule has 4 heterocycles. The molecule has 4 aliphatic rings. The Morgan fingerprint density at radius 1 is 0.756 bits per heavy atom. The quantitative estimate of drug-likeness (QED) is 0.0596. The van der Waals surface area contributed by atoms with Crippen molar-refractivity contribution in [2.24, 2.45) is 0 Å². The van der Waals surface area contributed by atoms with Crippen LogP contribution >= 0.6 is 0 Å². The fourth-order valence-corrected chi connectivity index (χ4v) is 11.9. The van der Waals surface area contributed by atoms with E-state index in [4.69, 9.17) is 4.84 Å². The predicted octanol–water partition coefficient (Wildman–Crippen LogP) is 5.41. The van der Waals surface area contributed by atoms with Gasteiger partial charge in [0.25, 0.3) is 42.2 Å². The monoisotopic (exact) mass is 1140 g/mol. The van der Waals surface area contributed by atoms with E-state index in [0.29, 0.717) is 111 Å². The summed E-state index contributed by atoms with van der Waals surface area (Å²) in [6.07, 6.45) is 14.0. The number of nitrogens with zero attached hydrogens (tertiary/aromatic N) is 3. The fourth-order valence-electron chi connectivity index (χ4n) is 10.4. The summed E-state index contributed by atoms with van der Waals surface area (Å²) in [5.74, 6) is -3.35.